The van der Waals surface area contributed by atoms with Gasteiger partial charge in [0.2, 0.25) is 0 Å². The quantitative estimate of drug-likeness (QED) is 0.430. The molecule has 1 rings (SSSR count). The van der Waals surface area contributed by atoms with Crippen LogP contribution >= 0.6 is 0 Å². The van der Waals surface area contributed by atoms with Crippen LogP contribution in [-0.2, 0) is 10.1 Å². The fourth-order valence-corrected chi connectivity index (χ4v) is 1.62. The first-order valence-corrected chi connectivity index (χ1v) is 5.14. The zero-order chi connectivity index (χ0) is 10.9. The molecule has 0 aromatic heterocycles. The molecule has 0 aliphatic heterocycles. The van der Waals surface area contributed by atoms with E-state index in [1.807, 2.05) is 0 Å². The minimum Gasteiger partial charge on any atom is -0.398 e. The molecule has 76 valence electrons. The lowest BCUT2D eigenvalue weighted by molar-refractivity contribution is 0.101. The van der Waals surface area contributed by atoms with E-state index in [0.717, 1.165) is 6.07 Å². The van der Waals surface area contributed by atoms with Gasteiger partial charge < -0.3 is 5.73 Å². The molecule has 0 saturated carbocycles. The zero-order valence-electron chi connectivity index (χ0n) is 7.39. The van der Waals surface area contributed by atoms with Gasteiger partial charge in [-0.05, 0) is 25.1 Å². The van der Waals surface area contributed by atoms with E-state index in [1.165, 1.54) is 19.1 Å². The summed E-state index contributed by atoms with van der Waals surface area (Å²) in [5, 5.41) is 0. The van der Waals surface area contributed by atoms with Gasteiger partial charge >= 0.3 is 0 Å². The Hall–Kier alpha value is -1.40. The van der Waals surface area contributed by atoms with Crippen molar-refractivity contribution in [1.29, 1.82) is 0 Å². The Morgan fingerprint density at radius 3 is 2.43 bits per heavy atom. The molecule has 0 spiro atoms. The predicted octanol–water partition coefficient (Wildman–Crippen LogP) is 0.718. The third kappa shape index (κ3) is 2.09. The van der Waals surface area contributed by atoms with E-state index in [0.29, 0.717) is 0 Å². The van der Waals surface area contributed by atoms with E-state index < -0.39 is 15.0 Å². The van der Waals surface area contributed by atoms with Gasteiger partial charge in [0.05, 0.1) is 5.69 Å². The highest BCUT2D eigenvalue weighted by Crippen LogP contribution is 2.19. The van der Waals surface area contributed by atoms with Crippen molar-refractivity contribution in [3.8, 4) is 0 Å². The molecular weight excluding hydrogens is 206 g/mol. The van der Waals surface area contributed by atoms with E-state index in [9.17, 15) is 13.2 Å². The summed E-state index contributed by atoms with van der Waals surface area (Å²) in [7, 11) is -4.37. The molecule has 14 heavy (non-hydrogen) atoms. The summed E-state index contributed by atoms with van der Waals surface area (Å²) in [5.41, 5.74) is 5.43. The van der Waals surface area contributed by atoms with Crippen molar-refractivity contribution in [1.82, 2.24) is 0 Å². The lowest BCUT2D eigenvalue weighted by atomic mass is 10.1. The van der Waals surface area contributed by atoms with Gasteiger partial charge in [0, 0.05) is 5.56 Å². The monoisotopic (exact) mass is 215 g/mol. The Balaban J connectivity index is 3.44. The lowest BCUT2D eigenvalue weighted by Crippen LogP contribution is -2.05. The van der Waals surface area contributed by atoms with Crippen LogP contribution in [0.1, 0.15) is 17.3 Å². The van der Waals surface area contributed by atoms with Gasteiger partial charge in [-0.3, -0.25) is 9.35 Å². The molecule has 3 N–H and O–H groups in total. The highest BCUT2D eigenvalue weighted by Gasteiger charge is 2.15. The SMILES string of the molecule is CC(=O)c1ccc(N)c(S(=O)(=O)O)c1. The molecule has 0 aliphatic carbocycles. The van der Waals surface area contributed by atoms with Crippen molar-refractivity contribution in [2.75, 3.05) is 5.73 Å². The molecule has 0 aliphatic rings. The van der Waals surface area contributed by atoms with Crippen molar-refractivity contribution in [2.24, 2.45) is 0 Å². The average Bonchev–Trinajstić information content (AvgIpc) is 2.02. The van der Waals surface area contributed by atoms with Crippen LogP contribution in [0.4, 0.5) is 5.69 Å². The fourth-order valence-electron chi connectivity index (χ4n) is 0.977. The Labute approximate surface area is 81.3 Å². The molecule has 0 saturated heterocycles. The van der Waals surface area contributed by atoms with Crippen molar-refractivity contribution >= 4 is 21.6 Å². The molecular formula is C8H9NO4S. The highest BCUT2D eigenvalue weighted by atomic mass is 32.2. The second-order valence-electron chi connectivity index (χ2n) is 2.78. The highest BCUT2D eigenvalue weighted by molar-refractivity contribution is 7.86. The third-order valence-corrected chi connectivity index (χ3v) is 2.61. The summed E-state index contributed by atoms with van der Waals surface area (Å²) in [6, 6.07) is 3.71. The number of hydrogen-bond donors (Lipinski definition) is 2. The first-order chi connectivity index (χ1) is 6.32. The van der Waals surface area contributed by atoms with Crippen molar-refractivity contribution < 1.29 is 17.8 Å². The second-order valence-corrected chi connectivity index (χ2v) is 4.17. The number of carbonyl (C=O) groups is 1. The maximum Gasteiger partial charge on any atom is 0.296 e. The molecule has 5 nitrogen and oxygen atoms in total. The van der Waals surface area contributed by atoms with Crippen LogP contribution in [0.25, 0.3) is 0 Å². The topological polar surface area (TPSA) is 97.5 Å². The minimum atomic E-state index is -4.37. The Morgan fingerprint density at radius 1 is 1.43 bits per heavy atom. The van der Waals surface area contributed by atoms with Crippen molar-refractivity contribution in [3.63, 3.8) is 0 Å². The molecule has 0 amide bonds. The van der Waals surface area contributed by atoms with Gasteiger partial charge in [0.25, 0.3) is 10.1 Å². The summed E-state index contributed by atoms with van der Waals surface area (Å²) in [6.07, 6.45) is 0. The van der Waals surface area contributed by atoms with E-state index in [4.69, 9.17) is 10.3 Å². The minimum absolute atomic E-state index is 0.0856. The number of nitrogens with two attached hydrogens (primary N) is 1. The number of rotatable bonds is 2. The molecule has 1 aromatic rings. The van der Waals surface area contributed by atoms with Crippen LogP contribution in [-0.4, -0.2) is 18.8 Å². The van der Waals surface area contributed by atoms with Gasteiger partial charge in [-0.15, -0.1) is 0 Å². The zero-order valence-corrected chi connectivity index (χ0v) is 8.21. The second kappa shape index (κ2) is 3.39. The van der Waals surface area contributed by atoms with E-state index in [1.54, 1.807) is 0 Å². The molecule has 0 heterocycles. The number of anilines is 1. The number of nitrogen functional groups attached to an aromatic ring is 1. The lowest BCUT2D eigenvalue weighted by Gasteiger charge is -2.03. The van der Waals surface area contributed by atoms with Crippen LogP contribution in [0.3, 0.4) is 0 Å². The molecule has 0 fully saturated rings. The standard InChI is InChI=1S/C8H9NO4S/c1-5(10)6-2-3-7(9)8(4-6)14(11,12)13/h2-4H,9H2,1H3,(H,11,12,13). The molecule has 1 aromatic carbocycles. The summed E-state index contributed by atoms with van der Waals surface area (Å²) in [5.74, 6) is -0.296. The first-order valence-electron chi connectivity index (χ1n) is 3.70. The molecule has 6 heteroatoms. The van der Waals surface area contributed by atoms with Crippen LogP contribution in [0.2, 0.25) is 0 Å². The first kappa shape index (κ1) is 10.7. The molecule has 0 bridgehead atoms. The average molecular weight is 215 g/mol. The predicted molar refractivity (Wildman–Crippen MR) is 50.7 cm³/mol. The van der Waals surface area contributed by atoms with Gasteiger partial charge in [-0.2, -0.15) is 8.42 Å². The number of carbonyl (C=O) groups excluding carboxylic acids is 1. The number of hydrogen-bond acceptors (Lipinski definition) is 4. The van der Waals surface area contributed by atoms with E-state index in [2.05, 4.69) is 0 Å². The molecule has 0 unspecified atom stereocenters. The fraction of sp³-hybridized carbons (Fsp3) is 0.125. The van der Waals surface area contributed by atoms with Crippen LogP contribution < -0.4 is 5.73 Å². The van der Waals surface area contributed by atoms with Gasteiger partial charge in [0.15, 0.2) is 5.78 Å². The normalized spacial score (nSPS) is 11.3. The Morgan fingerprint density at radius 2 is 2.00 bits per heavy atom. The molecule has 0 radical (unpaired) electrons. The van der Waals surface area contributed by atoms with Crippen LogP contribution in [0, 0.1) is 0 Å². The Kier molecular flexibility index (Phi) is 2.59. The molecule has 0 atom stereocenters. The summed E-state index contributed by atoms with van der Waals surface area (Å²) in [4.78, 5) is 10.5. The summed E-state index contributed by atoms with van der Waals surface area (Å²) >= 11 is 0. The largest absolute Gasteiger partial charge is 0.398 e. The van der Waals surface area contributed by atoms with E-state index >= 15 is 0 Å². The van der Waals surface area contributed by atoms with E-state index in [-0.39, 0.29) is 17.0 Å². The Bertz CT molecular complexity index is 478. The van der Waals surface area contributed by atoms with Crippen molar-refractivity contribution in [2.45, 2.75) is 11.8 Å². The maximum absolute atomic E-state index is 10.9. The van der Waals surface area contributed by atoms with Crippen LogP contribution in [0.5, 0.6) is 0 Å². The number of benzene rings is 1. The summed E-state index contributed by atoms with van der Waals surface area (Å²) in [6.45, 7) is 1.29. The van der Waals surface area contributed by atoms with Gasteiger partial charge in [0.1, 0.15) is 4.90 Å². The maximum atomic E-state index is 10.9. The van der Waals surface area contributed by atoms with Gasteiger partial charge in [-0.1, -0.05) is 0 Å². The third-order valence-electron chi connectivity index (χ3n) is 1.70. The van der Waals surface area contributed by atoms with Gasteiger partial charge in [-0.25, -0.2) is 0 Å². The smallest absolute Gasteiger partial charge is 0.296 e. The number of Topliss-reactive ketones (excluding diaryl/α,β-unsaturated/α-hetero) is 1. The van der Waals surface area contributed by atoms with Crippen molar-refractivity contribution in [3.05, 3.63) is 23.8 Å². The summed E-state index contributed by atoms with van der Waals surface area (Å²) < 4.78 is 30.3. The van der Waals surface area contributed by atoms with Crippen LogP contribution in [0.15, 0.2) is 23.1 Å². The number of ketones is 1.